The first kappa shape index (κ1) is 10.7. The zero-order valence-corrected chi connectivity index (χ0v) is 9.63. The van der Waals surface area contributed by atoms with E-state index in [2.05, 4.69) is 4.99 Å². The van der Waals surface area contributed by atoms with E-state index in [-0.39, 0.29) is 0 Å². The molecule has 0 radical (unpaired) electrons. The number of hydrogen-bond donors (Lipinski definition) is 1. The van der Waals surface area contributed by atoms with E-state index >= 15 is 0 Å². The fraction of sp³-hybridized carbons (Fsp3) is 0.417. The molecule has 1 aliphatic heterocycles. The molecule has 0 fully saturated rings. The van der Waals surface area contributed by atoms with Crippen LogP contribution in [0.25, 0.3) is 0 Å². The summed E-state index contributed by atoms with van der Waals surface area (Å²) in [6, 6.07) is 10.1. The molecule has 15 heavy (non-hydrogen) atoms. The van der Waals surface area contributed by atoms with Gasteiger partial charge in [0.15, 0.2) is 5.72 Å². The first-order valence-corrected chi connectivity index (χ1v) is 6.22. The van der Waals surface area contributed by atoms with E-state index < -0.39 is 5.72 Å². The highest BCUT2D eigenvalue weighted by atomic mass is 32.2. The molecule has 1 N–H and O–H groups in total. The topological polar surface area (TPSA) is 32.6 Å². The van der Waals surface area contributed by atoms with Gasteiger partial charge in [-0.15, -0.1) is 11.8 Å². The normalized spacial score (nSPS) is 26.1. The van der Waals surface area contributed by atoms with Gasteiger partial charge < -0.3 is 5.11 Å². The van der Waals surface area contributed by atoms with Crippen LogP contribution in [-0.2, 0) is 0 Å². The van der Waals surface area contributed by atoms with Crippen molar-refractivity contribution in [2.45, 2.75) is 25.5 Å². The zero-order chi connectivity index (χ0) is 10.7. The van der Waals surface area contributed by atoms with Gasteiger partial charge in [0.25, 0.3) is 0 Å². The predicted octanol–water partition coefficient (Wildman–Crippen LogP) is 2.67. The minimum absolute atomic E-state index is 0.684. The lowest BCUT2D eigenvalue weighted by Gasteiger charge is -2.27. The largest absolute Gasteiger partial charge is 0.369 e. The van der Waals surface area contributed by atoms with E-state index in [4.69, 9.17) is 0 Å². The summed E-state index contributed by atoms with van der Waals surface area (Å²) in [6.07, 6.45) is 1.44. The molecule has 0 amide bonds. The summed E-state index contributed by atoms with van der Waals surface area (Å²) in [6.45, 7) is 1.97. The van der Waals surface area contributed by atoms with Gasteiger partial charge >= 0.3 is 0 Å². The van der Waals surface area contributed by atoms with Gasteiger partial charge in [-0.2, -0.15) is 0 Å². The lowest BCUT2D eigenvalue weighted by Crippen LogP contribution is -2.30. The molecule has 1 aliphatic rings. The van der Waals surface area contributed by atoms with Gasteiger partial charge in [0.05, 0.1) is 0 Å². The Morgan fingerprint density at radius 2 is 2.13 bits per heavy atom. The Morgan fingerprint density at radius 3 is 2.80 bits per heavy atom. The number of nitrogens with zero attached hydrogens (tertiary/aromatic N) is 1. The molecule has 1 aromatic carbocycles. The molecule has 2 nitrogen and oxygen atoms in total. The van der Waals surface area contributed by atoms with Gasteiger partial charge in [0, 0.05) is 17.7 Å². The van der Waals surface area contributed by atoms with Crippen molar-refractivity contribution in [3.8, 4) is 0 Å². The molecule has 0 saturated heterocycles. The van der Waals surface area contributed by atoms with Crippen molar-refractivity contribution < 1.29 is 5.11 Å². The number of rotatable bonds is 2. The third-order valence-corrected chi connectivity index (χ3v) is 3.65. The minimum atomic E-state index is -0.837. The average molecular weight is 221 g/mol. The first-order chi connectivity index (χ1) is 7.23. The van der Waals surface area contributed by atoms with Gasteiger partial charge in [0.2, 0.25) is 0 Å². The van der Waals surface area contributed by atoms with Gasteiger partial charge in [0.1, 0.15) is 5.04 Å². The molecule has 1 heterocycles. The Balaban J connectivity index is 2.30. The molecule has 0 spiro atoms. The summed E-state index contributed by atoms with van der Waals surface area (Å²) in [4.78, 5) is 4.44. The number of aliphatic hydroxyl groups is 1. The Labute approximate surface area is 94.4 Å². The summed E-state index contributed by atoms with van der Waals surface area (Å²) >= 11 is 1.72. The fourth-order valence-corrected chi connectivity index (χ4v) is 2.73. The molecule has 3 heteroatoms. The summed E-state index contributed by atoms with van der Waals surface area (Å²) in [7, 11) is 0. The smallest absolute Gasteiger partial charge is 0.157 e. The highest BCUT2D eigenvalue weighted by Gasteiger charge is 2.28. The second-order valence-electron chi connectivity index (χ2n) is 3.72. The van der Waals surface area contributed by atoms with Gasteiger partial charge in [-0.1, -0.05) is 37.3 Å². The zero-order valence-electron chi connectivity index (χ0n) is 8.81. The molecular formula is C12H15NOS. The third kappa shape index (κ3) is 2.41. The molecule has 1 unspecified atom stereocenters. The van der Waals surface area contributed by atoms with E-state index in [0.717, 1.165) is 22.8 Å². The maximum absolute atomic E-state index is 10.1. The molecule has 80 valence electrons. The SMILES string of the molecule is CCC1(O)CCSC(c2ccccc2)=N1. The lowest BCUT2D eigenvalue weighted by molar-refractivity contribution is 0.0425. The summed E-state index contributed by atoms with van der Waals surface area (Å²) < 4.78 is 0. The third-order valence-electron chi connectivity index (χ3n) is 2.64. The maximum Gasteiger partial charge on any atom is 0.157 e. The quantitative estimate of drug-likeness (QED) is 0.832. The van der Waals surface area contributed by atoms with Crippen molar-refractivity contribution in [2.24, 2.45) is 4.99 Å². The van der Waals surface area contributed by atoms with E-state index in [1.165, 1.54) is 0 Å². The van der Waals surface area contributed by atoms with Gasteiger partial charge in [-0.25, -0.2) is 4.99 Å². The van der Waals surface area contributed by atoms with Crippen LogP contribution in [-0.4, -0.2) is 21.6 Å². The van der Waals surface area contributed by atoms with Crippen LogP contribution in [0.4, 0.5) is 0 Å². The molecule has 0 bridgehead atoms. The van der Waals surface area contributed by atoms with Crippen LogP contribution >= 0.6 is 11.8 Å². The van der Waals surface area contributed by atoms with Crippen LogP contribution in [0, 0.1) is 0 Å². The Bertz CT molecular complexity index is 363. The van der Waals surface area contributed by atoms with Crippen molar-refractivity contribution in [3.63, 3.8) is 0 Å². The molecule has 2 rings (SSSR count). The Hall–Kier alpha value is -0.800. The molecule has 1 atom stereocenters. The van der Waals surface area contributed by atoms with E-state index in [1.807, 2.05) is 37.3 Å². The average Bonchev–Trinajstić information content (AvgIpc) is 2.30. The highest BCUT2D eigenvalue weighted by molar-refractivity contribution is 8.14. The van der Waals surface area contributed by atoms with E-state index in [1.54, 1.807) is 11.8 Å². The Kier molecular flexibility index (Phi) is 3.12. The van der Waals surface area contributed by atoms with Crippen molar-refractivity contribution in [1.29, 1.82) is 0 Å². The predicted molar refractivity (Wildman–Crippen MR) is 65.3 cm³/mol. The van der Waals surface area contributed by atoms with Crippen LogP contribution in [0.15, 0.2) is 35.3 Å². The van der Waals surface area contributed by atoms with Gasteiger partial charge in [-0.3, -0.25) is 0 Å². The van der Waals surface area contributed by atoms with Crippen molar-refractivity contribution in [3.05, 3.63) is 35.9 Å². The van der Waals surface area contributed by atoms with E-state index in [0.29, 0.717) is 6.42 Å². The highest BCUT2D eigenvalue weighted by Crippen LogP contribution is 2.29. The maximum atomic E-state index is 10.1. The standard InChI is InChI=1S/C12H15NOS/c1-2-12(14)8-9-15-11(13-12)10-6-4-3-5-7-10/h3-7,14H,2,8-9H2,1H3. The summed E-state index contributed by atoms with van der Waals surface area (Å²) in [5, 5.41) is 11.1. The van der Waals surface area contributed by atoms with Crippen LogP contribution < -0.4 is 0 Å². The number of thioether (sulfide) groups is 1. The van der Waals surface area contributed by atoms with Crippen LogP contribution in [0.3, 0.4) is 0 Å². The molecule has 0 saturated carbocycles. The molecular weight excluding hydrogens is 206 g/mol. The molecule has 0 aromatic heterocycles. The summed E-state index contributed by atoms with van der Waals surface area (Å²) in [5.41, 5.74) is 0.269. The van der Waals surface area contributed by atoms with Crippen molar-refractivity contribution in [2.75, 3.05) is 5.75 Å². The van der Waals surface area contributed by atoms with E-state index in [9.17, 15) is 5.11 Å². The molecule has 0 aliphatic carbocycles. The molecule has 1 aromatic rings. The lowest BCUT2D eigenvalue weighted by atomic mass is 10.1. The number of aliphatic imine (C=N–C) groups is 1. The number of hydrogen-bond acceptors (Lipinski definition) is 3. The summed E-state index contributed by atoms with van der Waals surface area (Å²) in [5.74, 6) is 0.943. The minimum Gasteiger partial charge on any atom is -0.369 e. The number of benzene rings is 1. The van der Waals surface area contributed by atoms with Crippen LogP contribution in [0.2, 0.25) is 0 Å². The van der Waals surface area contributed by atoms with Crippen LogP contribution in [0.5, 0.6) is 0 Å². The second kappa shape index (κ2) is 4.37. The monoisotopic (exact) mass is 221 g/mol. The van der Waals surface area contributed by atoms with Crippen molar-refractivity contribution in [1.82, 2.24) is 0 Å². The first-order valence-electron chi connectivity index (χ1n) is 5.24. The van der Waals surface area contributed by atoms with Gasteiger partial charge in [-0.05, 0) is 6.42 Å². The second-order valence-corrected chi connectivity index (χ2v) is 4.80. The Morgan fingerprint density at radius 1 is 1.40 bits per heavy atom. The van der Waals surface area contributed by atoms with Crippen molar-refractivity contribution >= 4 is 16.8 Å². The van der Waals surface area contributed by atoms with Crippen LogP contribution in [0.1, 0.15) is 25.3 Å². The fourth-order valence-electron chi connectivity index (χ4n) is 1.57.